The number of halogens is 1. The molecule has 3 aromatic carbocycles. The number of anilines is 1. The molecule has 0 bridgehead atoms. The van der Waals surface area contributed by atoms with Crippen LogP contribution >= 0.6 is 21.5 Å². The van der Waals surface area contributed by atoms with Gasteiger partial charge in [0.2, 0.25) is 0 Å². The molecule has 23 heavy (non-hydrogen) atoms. The highest BCUT2D eigenvalue weighted by Crippen LogP contribution is 2.35. The van der Waals surface area contributed by atoms with E-state index >= 15 is 0 Å². The van der Waals surface area contributed by atoms with Crippen LogP contribution in [-0.4, -0.2) is 14.2 Å². The zero-order valence-electron chi connectivity index (χ0n) is 12.8. The number of nitrogens with zero attached hydrogens (tertiary/aromatic N) is 1. The van der Waals surface area contributed by atoms with E-state index in [0.717, 1.165) is 33.3 Å². The third-order valence-electron chi connectivity index (χ3n) is 3.67. The van der Waals surface area contributed by atoms with E-state index in [1.165, 1.54) is 10.4 Å². The second-order valence-corrected chi connectivity index (χ2v) is 6.21. The third kappa shape index (κ3) is 3.20. The van der Waals surface area contributed by atoms with Gasteiger partial charge >= 0.3 is 0 Å². The standard InChI is InChI=1S/C18H16INO3/c1-22-16-10-9-13-11-15(8-7-14(13)12-16)17-5-3-4-6-18(17)20(19-21)23-2/h3-12H,1-2H3. The summed E-state index contributed by atoms with van der Waals surface area (Å²) in [6, 6.07) is 20.0. The van der Waals surface area contributed by atoms with Gasteiger partial charge in [-0.2, -0.15) is 3.28 Å². The summed E-state index contributed by atoms with van der Waals surface area (Å²) in [5.41, 5.74) is 2.85. The molecule has 3 rings (SSSR count). The second-order valence-electron chi connectivity index (χ2n) is 4.94. The number of hydrogen-bond donors (Lipinski definition) is 0. The Bertz CT molecular complexity index is 851. The van der Waals surface area contributed by atoms with Gasteiger partial charge in [-0.25, -0.2) is 3.07 Å². The predicted molar refractivity (Wildman–Crippen MR) is 100 cm³/mol. The highest BCUT2D eigenvalue weighted by molar-refractivity contribution is 14.1. The molecule has 5 heteroatoms. The fraction of sp³-hybridized carbons (Fsp3) is 0.111. The van der Waals surface area contributed by atoms with Crippen LogP contribution in [0.2, 0.25) is 0 Å². The summed E-state index contributed by atoms with van der Waals surface area (Å²) < 4.78 is 18.1. The van der Waals surface area contributed by atoms with Gasteiger partial charge in [-0.1, -0.05) is 36.4 Å². The van der Waals surface area contributed by atoms with Gasteiger partial charge in [-0.15, -0.1) is 0 Å². The molecule has 0 aliphatic carbocycles. The Morgan fingerprint density at radius 2 is 1.65 bits per heavy atom. The van der Waals surface area contributed by atoms with Crippen molar-refractivity contribution in [1.29, 1.82) is 0 Å². The number of para-hydroxylation sites is 1. The lowest BCUT2D eigenvalue weighted by atomic mass is 10.00. The lowest BCUT2D eigenvalue weighted by molar-refractivity contribution is 0.236. The minimum Gasteiger partial charge on any atom is -0.497 e. The molecule has 0 aromatic heterocycles. The summed E-state index contributed by atoms with van der Waals surface area (Å²) in [4.78, 5) is 5.22. The molecule has 0 saturated heterocycles. The molecule has 0 unspecified atom stereocenters. The van der Waals surface area contributed by atoms with Crippen molar-refractivity contribution in [2.45, 2.75) is 0 Å². The van der Waals surface area contributed by atoms with Crippen LogP contribution < -0.4 is 8.01 Å². The molecule has 0 amide bonds. The van der Waals surface area contributed by atoms with Crippen molar-refractivity contribution in [3.63, 3.8) is 0 Å². The maximum absolute atomic E-state index is 11.4. The monoisotopic (exact) mass is 421 g/mol. The first-order valence-electron chi connectivity index (χ1n) is 7.05. The van der Waals surface area contributed by atoms with Crippen molar-refractivity contribution < 1.29 is 12.6 Å². The molecule has 0 heterocycles. The first kappa shape index (κ1) is 15.9. The summed E-state index contributed by atoms with van der Waals surface area (Å²) in [6.07, 6.45) is 0. The van der Waals surface area contributed by atoms with Gasteiger partial charge in [0.25, 0.3) is 21.5 Å². The number of methoxy groups -OCH3 is 1. The van der Waals surface area contributed by atoms with Gasteiger partial charge in [-0.05, 0) is 40.6 Å². The summed E-state index contributed by atoms with van der Waals surface area (Å²) in [6.45, 7) is 0. The molecule has 0 aliphatic heterocycles. The number of hydrogen-bond acceptors (Lipinski definition) is 3. The summed E-state index contributed by atoms with van der Waals surface area (Å²) in [7, 11) is 3.19. The Labute approximate surface area is 145 Å². The Morgan fingerprint density at radius 1 is 0.913 bits per heavy atom. The van der Waals surface area contributed by atoms with Crippen molar-refractivity contribution in [2.75, 3.05) is 17.5 Å². The van der Waals surface area contributed by atoms with E-state index in [1.807, 2.05) is 42.5 Å². The van der Waals surface area contributed by atoms with Gasteiger partial charge < -0.3 is 4.74 Å². The maximum Gasteiger partial charge on any atom is 0.300 e. The Morgan fingerprint density at radius 3 is 2.39 bits per heavy atom. The summed E-state index contributed by atoms with van der Waals surface area (Å²) >= 11 is -1.44. The quantitative estimate of drug-likeness (QED) is 0.326. The zero-order valence-corrected chi connectivity index (χ0v) is 15.0. The fourth-order valence-corrected chi connectivity index (χ4v) is 3.35. The lowest BCUT2D eigenvalue weighted by Gasteiger charge is -2.17. The van der Waals surface area contributed by atoms with Crippen LogP contribution in [0.15, 0.2) is 60.7 Å². The first-order valence-corrected chi connectivity index (χ1v) is 8.90. The Balaban J connectivity index is 2.12. The topological polar surface area (TPSA) is 38.8 Å². The summed E-state index contributed by atoms with van der Waals surface area (Å²) in [5.74, 6) is 0.840. The van der Waals surface area contributed by atoms with E-state index in [4.69, 9.17) is 9.57 Å². The number of ether oxygens (including phenoxy) is 1. The Hall–Kier alpha value is -1.99. The zero-order chi connectivity index (χ0) is 16.2. The smallest absolute Gasteiger partial charge is 0.300 e. The lowest BCUT2D eigenvalue weighted by Crippen LogP contribution is -2.08. The largest absolute Gasteiger partial charge is 0.497 e. The van der Waals surface area contributed by atoms with Gasteiger partial charge in [0.05, 0.1) is 19.9 Å². The molecule has 0 aliphatic rings. The van der Waals surface area contributed by atoms with Crippen LogP contribution in [0.3, 0.4) is 0 Å². The number of benzene rings is 3. The van der Waals surface area contributed by atoms with E-state index in [1.54, 1.807) is 7.11 Å². The predicted octanol–water partition coefficient (Wildman–Crippen LogP) is 5.11. The SMILES string of the molecule is COc1ccc2cc(-c3ccccc3N(OC)I=O)ccc2c1. The highest BCUT2D eigenvalue weighted by atomic mass is 127. The number of rotatable bonds is 5. The molecule has 118 valence electrons. The van der Waals surface area contributed by atoms with Crippen molar-refractivity contribution in [1.82, 2.24) is 0 Å². The molecular formula is C18H16INO3. The van der Waals surface area contributed by atoms with E-state index in [9.17, 15) is 3.07 Å². The van der Waals surface area contributed by atoms with E-state index in [-0.39, 0.29) is 0 Å². The van der Waals surface area contributed by atoms with Crippen molar-refractivity contribution >= 4 is 37.9 Å². The van der Waals surface area contributed by atoms with Crippen molar-refractivity contribution in [2.24, 2.45) is 0 Å². The second kappa shape index (κ2) is 7.06. The van der Waals surface area contributed by atoms with E-state index in [0.29, 0.717) is 0 Å². The molecule has 0 N–H and O–H groups in total. The van der Waals surface area contributed by atoms with Gasteiger partial charge in [0, 0.05) is 5.56 Å². The average Bonchev–Trinajstić information content (AvgIpc) is 2.62. The van der Waals surface area contributed by atoms with Crippen LogP contribution in [0.5, 0.6) is 5.75 Å². The fourth-order valence-electron chi connectivity index (χ4n) is 2.55. The van der Waals surface area contributed by atoms with Crippen LogP contribution in [0.25, 0.3) is 21.9 Å². The van der Waals surface area contributed by atoms with Gasteiger partial charge in [0.1, 0.15) is 5.75 Å². The van der Waals surface area contributed by atoms with Crippen LogP contribution in [0, 0.1) is 0 Å². The molecule has 0 fully saturated rings. The molecule has 3 aromatic rings. The van der Waals surface area contributed by atoms with Crippen molar-refractivity contribution in [3.8, 4) is 16.9 Å². The molecule has 0 spiro atoms. The van der Waals surface area contributed by atoms with Gasteiger partial charge in [-0.3, -0.25) is 4.84 Å². The number of fused-ring (bicyclic) bond motifs is 1. The molecule has 4 nitrogen and oxygen atoms in total. The highest BCUT2D eigenvalue weighted by Gasteiger charge is 2.12. The molecule has 0 radical (unpaired) electrons. The van der Waals surface area contributed by atoms with E-state index in [2.05, 4.69) is 18.2 Å². The molecule has 0 saturated carbocycles. The molecular weight excluding hydrogens is 405 g/mol. The Kier molecular flexibility index (Phi) is 4.88. The van der Waals surface area contributed by atoms with Crippen LogP contribution in [0.4, 0.5) is 5.69 Å². The average molecular weight is 421 g/mol. The van der Waals surface area contributed by atoms with Crippen LogP contribution in [-0.2, 0) is 7.91 Å². The minimum atomic E-state index is -1.44. The van der Waals surface area contributed by atoms with Crippen LogP contribution in [0.1, 0.15) is 0 Å². The minimum absolute atomic E-state index is 0.811. The van der Waals surface area contributed by atoms with Crippen molar-refractivity contribution in [3.05, 3.63) is 60.7 Å². The maximum atomic E-state index is 11.4. The van der Waals surface area contributed by atoms with Gasteiger partial charge in [0.15, 0.2) is 0 Å². The van der Waals surface area contributed by atoms with E-state index < -0.39 is 21.5 Å². The molecule has 0 atom stereocenters. The first-order chi connectivity index (χ1) is 11.3. The third-order valence-corrected chi connectivity index (χ3v) is 4.95. The summed E-state index contributed by atoms with van der Waals surface area (Å²) in [5, 5.41) is 2.24. The normalized spacial score (nSPS) is 10.7.